The molecule has 0 aliphatic heterocycles. The Morgan fingerprint density at radius 2 is 1.47 bits per heavy atom. The van der Waals surface area contributed by atoms with Gasteiger partial charge < -0.3 is 0 Å². The number of allylic oxidation sites excluding steroid dienone is 1. The lowest BCUT2D eigenvalue weighted by molar-refractivity contribution is -0.189. The average molecular weight is 427 g/mol. The highest BCUT2D eigenvalue weighted by Gasteiger charge is 2.59. The van der Waals surface area contributed by atoms with E-state index < -0.39 is 23.2 Å². The third-order valence-corrected chi connectivity index (χ3v) is 7.85. The highest BCUT2D eigenvalue weighted by molar-refractivity contribution is 5.62. The lowest BCUT2D eigenvalue weighted by atomic mass is 9.68. The van der Waals surface area contributed by atoms with Crippen molar-refractivity contribution in [1.82, 2.24) is 0 Å². The molecule has 0 amide bonds. The lowest BCUT2D eigenvalue weighted by Gasteiger charge is -2.38. The Balaban J connectivity index is 1.42. The second-order valence-corrected chi connectivity index (χ2v) is 9.68. The molecule has 0 N–H and O–H groups in total. The van der Waals surface area contributed by atoms with Crippen LogP contribution in [0.3, 0.4) is 0 Å². The first-order valence-electron chi connectivity index (χ1n) is 11.5. The van der Waals surface area contributed by atoms with Gasteiger partial charge in [0.25, 0.3) is 0 Å². The number of hydrogen-bond donors (Lipinski definition) is 0. The Hall–Kier alpha value is -1.39. The summed E-state index contributed by atoms with van der Waals surface area (Å²) in [6.07, 6.45) is 13.0. The molecule has 4 rings (SSSR count). The van der Waals surface area contributed by atoms with Crippen molar-refractivity contribution in [3.63, 3.8) is 0 Å². The van der Waals surface area contributed by atoms with Crippen molar-refractivity contribution in [2.45, 2.75) is 88.9 Å². The largest absolute Gasteiger partial charge is 0.342 e. The van der Waals surface area contributed by atoms with Gasteiger partial charge in [-0.3, -0.25) is 0 Å². The maximum Gasteiger partial charge on any atom is 0.342 e. The molecule has 0 saturated heterocycles. The van der Waals surface area contributed by atoms with Gasteiger partial charge >= 0.3 is 11.8 Å². The van der Waals surface area contributed by atoms with Gasteiger partial charge in [-0.05, 0) is 85.5 Å². The minimum Gasteiger partial charge on any atom is -0.206 e. The fourth-order valence-electron chi connectivity index (χ4n) is 6.09. The van der Waals surface area contributed by atoms with Gasteiger partial charge in [0, 0.05) is 0 Å². The van der Waals surface area contributed by atoms with Crippen LogP contribution in [0.1, 0.15) is 93.7 Å². The Morgan fingerprint density at radius 1 is 0.867 bits per heavy atom. The van der Waals surface area contributed by atoms with E-state index in [1.54, 1.807) is 0 Å². The van der Waals surface area contributed by atoms with Gasteiger partial charge in [-0.1, -0.05) is 44.7 Å². The molecule has 30 heavy (non-hydrogen) atoms. The zero-order valence-corrected chi connectivity index (χ0v) is 17.6. The predicted molar refractivity (Wildman–Crippen MR) is 109 cm³/mol. The lowest BCUT2D eigenvalue weighted by Crippen LogP contribution is -2.39. The number of halogens is 5. The summed E-state index contributed by atoms with van der Waals surface area (Å²) < 4.78 is 69.9. The summed E-state index contributed by atoms with van der Waals surface area (Å²) in [6, 6.07) is 2.57. The van der Waals surface area contributed by atoms with Gasteiger partial charge in [-0.2, -0.15) is 17.6 Å². The molecule has 1 aromatic carbocycles. The van der Waals surface area contributed by atoms with E-state index >= 15 is 0 Å². The molecule has 0 atom stereocenters. The Labute approximate surface area is 175 Å². The molecule has 0 heterocycles. The van der Waals surface area contributed by atoms with Crippen LogP contribution in [0.2, 0.25) is 0 Å². The van der Waals surface area contributed by atoms with E-state index in [1.165, 1.54) is 44.6 Å². The summed E-state index contributed by atoms with van der Waals surface area (Å²) in [6.45, 7) is 2.25. The highest BCUT2D eigenvalue weighted by atomic mass is 19.3. The van der Waals surface area contributed by atoms with Gasteiger partial charge in [0.1, 0.15) is 5.82 Å². The van der Waals surface area contributed by atoms with Gasteiger partial charge in [0.2, 0.25) is 0 Å². The van der Waals surface area contributed by atoms with Crippen LogP contribution in [0.5, 0.6) is 0 Å². The number of rotatable bonds is 4. The molecule has 0 aromatic heterocycles. The summed E-state index contributed by atoms with van der Waals surface area (Å²) in [5.74, 6) is -7.61. The smallest absolute Gasteiger partial charge is 0.206 e. The van der Waals surface area contributed by atoms with E-state index in [-0.39, 0.29) is 17.6 Å². The van der Waals surface area contributed by atoms with Crippen molar-refractivity contribution in [2.24, 2.45) is 17.8 Å². The van der Waals surface area contributed by atoms with Crippen LogP contribution in [0.4, 0.5) is 22.0 Å². The first-order chi connectivity index (χ1) is 14.2. The van der Waals surface area contributed by atoms with Crippen LogP contribution in [0, 0.1) is 23.6 Å². The van der Waals surface area contributed by atoms with E-state index in [2.05, 4.69) is 6.92 Å². The molecule has 0 nitrogen and oxygen atoms in total. The molecular weight excluding hydrogens is 395 g/mol. The van der Waals surface area contributed by atoms with E-state index in [0.29, 0.717) is 11.5 Å². The Morgan fingerprint density at radius 3 is 2.07 bits per heavy atom. The zero-order valence-electron chi connectivity index (χ0n) is 17.6. The fourth-order valence-corrected chi connectivity index (χ4v) is 6.09. The average Bonchev–Trinajstić information content (AvgIpc) is 2.72. The van der Waals surface area contributed by atoms with Crippen LogP contribution in [-0.4, -0.2) is 5.92 Å². The first-order valence-corrected chi connectivity index (χ1v) is 11.5. The summed E-state index contributed by atoms with van der Waals surface area (Å²) in [4.78, 5) is 0. The number of fused-ring (bicyclic) bond motifs is 1. The van der Waals surface area contributed by atoms with Crippen molar-refractivity contribution < 1.29 is 22.0 Å². The summed E-state index contributed by atoms with van der Waals surface area (Å²) >= 11 is 0. The third-order valence-electron chi connectivity index (χ3n) is 7.85. The summed E-state index contributed by atoms with van der Waals surface area (Å²) in [7, 11) is 0. The van der Waals surface area contributed by atoms with Gasteiger partial charge in [-0.15, -0.1) is 0 Å². The molecule has 0 spiro atoms. The quantitative estimate of drug-likeness (QED) is 0.424. The van der Waals surface area contributed by atoms with Crippen LogP contribution in [0.15, 0.2) is 18.2 Å². The van der Waals surface area contributed by atoms with Gasteiger partial charge in [0.15, 0.2) is 0 Å². The summed E-state index contributed by atoms with van der Waals surface area (Å²) in [5, 5.41) is 0. The molecule has 1 aromatic rings. The second kappa shape index (κ2) is 8.27. The van der Waals surface area contributed by atoms with Gasteiger partial charge in [0.05, 0.1) is 5.56 Å². The second-order valence-electron chi connectivity index (χ2n) is 9.68. The van der Waals surface area contributed by atoms with Crippen LogP contribution < -0.4 is 0 Å². The molecule has 3 aliphatic carbocycles. The topological polar surface area (TPSA) is 0 Å². The Bertz CT molecular complexity index is 781. The third kappa shape index (κ3) is 3.93. The summed E-state index contributed by atoms with van der Waals surface area (Å²) in [5.41, 5.74) is -0.615. The molecule has 2 fully saturated rings. The normalized spacial score (nSPS) is 32.6. The van der Waals surface area contributed by atoms with E-state index in [4.69, 9.17) is 0 Å². The maximum absolute atomic E-state index is 14.5. The number of alkyl halides is 4. The maximum atomic E-state index is 14.5. The number of hydrogen-bond acceptors (Lipinski definition) is 0. The monoisotopic (exact) mass is 426 g/mol. The molecule has 0 bridgehead atoms. The van der Waals surface area contributed by atoms with Crippen molar-refractivity contribution in [2.75, 3.05) is 0 Å². The zero-order chi connectivity index (χ0) is 21.5. The van der Waals surface area contributed by atoms with Crippen LogP contribution in [0.25, 0.3) is 6.08 Å². The minimum absolute atomic E-state index is 0.113. The highest BCUT2D eigenvalue weighted by Crippen LogP contribution is 2.51. The molecule has 3 aliphatic rings. The van der Waals surface area contributed by atoms with Crippen LogP contribution >= 0.6 is 0 Å². The molecule has 2 saturated carbocycles. The van der Waals surface area contributed by atoms with E-state index in [1.807, 2.05) is 0 Å². The predicted octanol–water partition coefficient (Wildman–Crippen LogP) is 8.46. The van der Waals surface area contributed by atoms with E-state index in [9.17, 15) is 22.0 Å². The van der Waals surface area contributed by atoms with Crippen LogP contribution in [-0.2, 0) is 5.92 Å². The minimum atomic E-state index is -4.52. The first kappa shape index (κ1) is 21.8. The van der Waals surface area contributed by atoms with Crippen molar-refractivity contribution in [3.8, 4) is 0 Å². The number of benzene rings is 1. The molecule has 0 radical (unpaired) electrons. The van der Waals surface area contributed by atoms with Gasteiger partial charge in [-0.25, -0.2) is 4.39 Å². The molecule has 166 valence electrons. The van der Waals surface area contributed by atoms with Crippen molar-refractivity contribution in [3.05, 3.63) is 40.7 Å². The fraction of sp³-hybridized carbons (Fsp3) is 0.680. The molecule has 0 unspecified atom stereocenters. The molecule has 5 heteroatoms. The van der Waals surface area contributed by atoms with Crippen molar-refractivity contribution in [1.29, 1.82) is 0 Å². The SMILES string of the molecule is CCCC1CCC(C2CCC(c3cc(F)c4c(c3)C=CC(F)(F)C4(F)F)CC2)CC1. The standard InChI is InChI=1S/C25H31F5/c1-2-3-16-4-6-17(7-5-16)18-8-10-19(11-9-18)21-14-20-12-13-24(27,28)25(29,30)23(20)22(26)15-21/h12-19H,2-11H2,1H3. The Kier molecular flexibility index (Phi) is 6.02. The molecular formula is C25H31F5. The van der Waals surface area contributed by atoms with Crippen molar-refractivity contribution >= 4 is 6.08 Å². The van der Waals surface area contributed by atoms with E-state index in [0.717, 1.165) is 49.7 Å².